The molecule has 0 spiro atoms. The number of aliphatic imine (C=N–C) groups is 1. The maximum atomic E-state index is 13.4. The van der Waals surface area contributed by atoms with E-state index in [9.17, 15) is 4.79 Å². The van der Waals surface area contributed by atoms with Gasteiger partial charge in [-0.3, -0.25) is 14.8 Å². The Morgan fingerprint density at radius 2 is 1.84 bits per heavy atom. The van der Waals surface area contributed by atoms with Crippen molar-refractivity contribution in [1.82, 2.24) is 9.88 Å². The van der Waals surface area contributed by atoms with Crippen LogP contribution in [-0.2, 0) is 0 Å². The number of hydrogen-bond donors (Lipinski definition) is 0. The second-order valence-corrected chi connectivity index (χ2v) is 8.42. The third-order valence-corrected chi connectivity index (χ3v) is 6.58. The summed E-state index contributed by atoms with van der Waals surface area (Å²) in [5, 5.41) is 0. The molecule has 3 heterocycles. The average molecular weight is 410 g/mol. The largest absolute Gasteiger partial charge is 0.330 e. The highest BCUT2D eigenvalue weighted by Crippen LogP contribution is 2.39. The van der Waals surface area contributed by atoms with Crippen LogP contribution in [0.4, 0.5) is 5.69 Å². The molecule has 2 aliphatic heterocycles. The average Bonchev–Trinajstić information content (AvgIpc) is 3.33. The number of para-hydroxylation sites is 1. The third-order valence-electron chi connectivity index (χ3n) is 6.58. The van der Waals surface area contributed by atoms with Gasteiger partial charge in [-0.2, -0.15) is 0 Å². The molecule has 31 heavy (non-hydrogen) atoms. The highest BCUT2D eigenvalue weighted by atomic mass is 16.2. The number of fused-ring (bicyclic) bond motifs is 1. The zero-order valence-corrected chi connectivity index (χ0v) is 17.9. The molecule has 2 unspecified atom stereocenters. The van der Waals surface area contributed by atoms with Gasteiger partial charge >= 0.3 is 0 Å². The number of pyridine rings is 1. The maximum Gasteiger partial charge on any atom is 0.254 e. The smallest absolute Gasteiger partial charge is 0.254 e. The summed E-state index contributed by atoms with van der Waals surface area (Å²) in [6.07, 6.45) is 5.84. The number of carbonyl (C=O) groups excluding carboxylic acids is 1. The minimum atomic E-state index is 0.102. The van der Waals surface area contributed by atoms with E-state index in [0.717, 1.165) is 54.7 Å². The van der Waals surface area contributed by atoms with Crippen molar-refractivity contribution in [2.45, 2.75) is 44.6 Å². The number of amides is 1. The zero-order valence-electron chi connectivity index (χ0n) is 17.9. The van der Waals surface area contributed by atoms with Crippen LogP contribution in [0.3, 0.4) is 0 Å². The normalized spacial score (nSPS) is 20.3. The molecule has 156 valence electrons. The monoisotopic (exact) mass is 409 g/mol. The van der Waals surface area contributed by atoms with E-state index in [0.29, 0.717) is 5.92 Å². The van der Waals surface area contributed by atoms with E-state index >= 15 is 0 Å². The topological polar surface area (TPSA) is 45.6 Å². The van der Waals surface area contributed by atoms with Crippen molar-refractivity contribution in [3.63, 3.8) is 0 Å². The Hall–Kier alpha value is -3.27. The zero-order chi connectivity index (χ0) is 21.2. The van der Waals surface area contributed by atoms with Crippen molar-refractivity contribution in [2.75, 3.05) is 6.54 Å². The lowest BCUT2D eigenvalue weighted by molar-refractivity contribution is 0.0768. The summed E-state index contributed by atoms with van der Waals surface area (Å²) in [6.45, 7) is 3.04. The molecule has 1 fully saturated rings. The lowest BCUT2D eigenvalue weighted by Crippen LogP contribution is -2.41. The standard InChI is InChI=1S/C27H27N3O/c1-2-19-18-25(29-24-10-4-3-8-22(19)24)26-11-7-17-30(26)27(31)21-14-12-20(13-15-21)23-9-5-6-16-28-23/h3-6,8-10,12-16,19,26H,2,7,11,17-18H2,1H3. The van der Waals surface area contributed by atoms with Crippen LogP contribution in [-0.4, -0.2) is 34.1 Å². The van der Waals surface area contributed by atoms with E-state index in [4.69, 9.17) is 4.99 Å². The number of nitrogens with zero attached hydrogens (tertiary/aromatic N) is 3. The Morgan fingerprint density at radius 3 is 2.61 bits per heavy atom. The van der Waals surface area contributed by atoms with Gasteiger partial charge in [0, 0.05) is 29.6 Å². The van der Waals surface area contributed by atoms with Crippen molar-refractivity contribution in [3.05, 3.63) is 84.1 Å². The Bertz CT molecular complexity index is 1100. The molecule has 0 aliphatic carbocycles. The van der Waals surface area contributed by atoms with Crippen LogP contribution in [0.25, 0.3) is 11.3 Å². The van der Waals surface area contributed by atoms with Crippen LogP contribution in [0.15, 0.2) is 77.9 Å². The van der Waals surface area contributed by atoms with Crippen LogP contribution in [0.5, 0.6) is 0 Å². The molecule has 0 radical (unpaired) electrons. The van der Waals surface area contributed by atoms with E-state index in [2.05, 4.69) is 36.2 Å². The van der Waals surface area contributed by atoms with Gasteiger partial charge in [0.05, 0.1) is 17.4 Å². The maximum absolute atomic E-state index is 13.4. The second kappa shape index (κ2) is 8.46. The Labute approximate surface area is 183 Å². The minimum absolute atomic E-state index is 0.102. The summed E-state index contributed by atoms with van der Waals surface area (Å²) >= 11 is 0. The van der Waals surface area contributed by atoms with E-state index in [1.165, 1.54) is 11.3 Å². The number of aromatic nitrogens is 1. The van der Waals surface area contributed by atoms with E-state index < -0.39 is 0 Å². The predicted octanol–water partition coefficient (Wildman–Crippen LogP) is 6.02. The van der Waals surface area contributed by atoms with Crippen LogP contribution in [0.1, 0.15) is 54.4 Å². The first-order chi connectivity index (χ1) is 15.2. The Balaban J connectivity index is 1.39. The molecule has 5 rings (SSSR count). The first-order valence-corrected chi connectivity index (χ1v) is 11.2. The third kappa shape index (κ3) is 3.78. The fourth-order valence-electron chi connectivity index (χ4n) is 4.91. The summed E-state index contributed by atoms with van der Waals surface area (Å²) < 4.78 is 0. The molecule has 2 aromatic carbocycles. The van der Waals surface area contributed by atoms with Crippen LogP contribution < -0.4 is 0 Å². The molecular formula is C27H27N3O. The molecule has 2 atom stereocenters. The molecule has 0 N–H and O–H groups in total. The van der Waals surface area contributed by atoms with Crippen LogP contribution >= 0.6 is 0 Å². The summed E-state index contributed by atoms with van der Waals surface area (Å²) in [7, 11) is 0. The van der Waals surface area contributed by atoms with Crippen LogP contribution in [0.2, 0.25) is 0 Å². The number of benzene rings is 2. The van der Waals surface area contributed by atoms with Crippen molar-refractivity contribution in [1.29, 1.82) is 0 Å². The van der Waals surface area contributed by atoms with E-state index in [1.807, 2.05) is 47.4 Å². The Morgan fingerprint density at radius 1 is 1.03 bits per heavy atom. The quantitative estimate of drug-likeness (QED) is 0.529. The van der Waals surface area contributed by atoms with Gasteiger partial charge in [-0.1, -0.05) is 43.3 Å². The molecule has 2 aliphatic rings. The summed E-state index contributed by atoms with van der Waals surface area (Å²) in [4.78, 5) is 24.9. The van der Waals surface area contributed by atoms with Gasteiger partial charge in [-0.05, 0) is 67.5 Å². The van der Waals surface area contributed by atoms with Crippen molar-refractivity contribution in [2.24, 2.45) is 4.99 Å². The summed E-state index contributed by atoms with van der Waals surface area (Å²) in [6, 6.07) is 22.3. The fourth-order valence-corrected chi connectivity index (χ4v) is 4.91. The summed E-state index contributed by atoms with van der Waals surface area (Å²) in [5.41, 5.74) is 6.26. The van der Waals surface area contributed by atoms with Gasteiger partial charge in [-0.15, -0.1) is 0 Å². The van der Waals surface area contributed by atoms with E-state index in [1.54, 1.807) is 6.20 Å². The first kappa shape index (κ1) is 19.7. The van der Waals surface area contributed by atoms with Crippen molar-refractivity contribution < 1.29 is 4.79 Å². The van der Waals surface area contributed by atoms with Gasteiger partial charge in [0.15, 0.2) is 0 Å². The molecular weight excluding hydrogens is 382 g/mol. The second-order valence-electron chi connectivity index (χ2n) is 8.42. The number of rotatable bonds is 4. The number of likely N-dealkylation sites (tertiary alicyclic amines) is 1. The molecule has 0 bridgehead atoms. The summed E-state index contributed by atoms with van der Waals surface area (Å²) in [5.74, 6) is 0.587. The molecule has 1 amide bonds. The lowest BCUT2D eigenvalue weighted by Gasteiger charge is -2.31. The van der Waals surface area contributed by atoms with Crippen LogP contribution in [0, 0.1) is 0 Å². The first-order valence-electron chi connectivity index (χ1n) is 11.2. The lowest BCUT2D eigenvalue weighted by atomic mass is 9.85. The Kier molecular flexibility index (Phi) is 5.37. The molecule has 0 saturated carbocycles. The highest BCUT2D eigenvalue weighted by molar-refractivity contribution is 6.01. The van der Waals surface area contributed by atoms with Gasteiger partial charge in [-0.25, -0.2) is 0 Å². The molecule has 4 heteroatoms. The molecule has 4 nitrogen and oxygen atoms in total. The number of carbonyl (C=O) groups is 1. The van der Waals surface area contributed by atoms with Crippen molar-refractivity contribution >= 4 is 17.3 Å². The molecule has 1 saturated heterocycles. The van der Waals surface area contributed by atoms with Gasteiger partial charge in [0.1, 0.15) is 0 Å². The minimum Gasteiger partial charge on any atom is -0.330 e. The van der Waals surface area contributed by atoms with Crippen molar-refractivity contribution in [3.8, 4) is 11.3 Å². The molecule has 1 aromatic heterocycles. The van der Waals surface area contributed by atoms with Gasteiger partial charge in [0.2, 0.25) is 0 Å². The van der Waals surface area contributed by atoms with E-state index in [-0.39, 0.29) is 11.9 Å². The van der Waals surface area contributed by atoms with Gasteiger partial charge in [0.25, 0.3) is 5.91 Å². The molecule has 3 aromatic rings. The fraction of sp³-hybridized carbons (Fsp3) is 0.296. The SMILES string of the molecule is CCC1CC(C2CCCN2C(=O)c2ccc(-c3ccccn3)cc2)=Nc2ccccc21. The van der Waals surface area contributed by atoms with Gasteiger partial charge < -0.3 is 4.90 Å². The predicted molar refractivity (Wildman–Crippen MR) is 125 cm³/mol. The number of hydrogen-bond acceptors (Lipinski definition) is 3. The highest BCUT2D eigenvalue weighted by Gasteiger charge is 2.35.